The number of hydrogen-bond donors (Lipinski definition) is 0. The van der Waals surface area contributed by atoms with Gasteiger partial charge in [0.2, 0.25) is 10.0 Å². The predicted molar refractivity (Wildman–Crippen MR) is 102 cm³/mol. The molecular formula is C17H21N3O5S2. The molecule has 2 heterocycles. The second-order valence-electron chi connectivity index (χ2n) is 6.23. The van der Waals surface area contributed by atoms with Crippen molar-refractivity contribution >= 4 is 43.5 Å². The van der Waals surface area contributed by atoms with Crippen LogP contribution in [-0.2, 0) is 30.9 Å². The van der Waals surface area contributed by atoms with Crippen LogP contribution in [0.3, 0.4) is 0 Å². The lowest BCUT2D eigenvalue weighted by Crippen LogP contribution is -2.40. The van der Waals surface area contributed by atoms with Crippen LogP contribution in [0.5, 0.6) is 0 Å². The van der Waals surface area contributed by atoms with Crippen LogP contribution in [0.15, 0.2) is 29.3 Å². The van der Waals surface area contributed by atoms with Gasteiger partial charge in [0.25, 0.3) is 5.91 Å². The molecule has 0 spiro atoms. The highest BCUT2D eigenvalue weighted by Gasteiger charge is 2.36. The first kappa shape index (κ1) is 19.7. The minimum Gasteiger partial charge on any atom is -0.465 e. The Bertz CT molecular complexity index is 1040. The third kappa shape index (κ3) is 4.28. The number of rotatable bonds is 5. The smallest absolute Gasteiger partial charge is 0.326 e. The summed E-state index contributed by atoms with van der Waals surface area (Å²) in [7, 11) is -3.48. The molecular weight excluding hydrogens is 390 g/mol. The van der Waals surface area contributed by atoms with Gasteiger partial charge in [-0.25, -0.2) is 8.42 Å². The summed E-state index contributed by atoms with van der Waals surface area (Å²) in [5.74, 6) is -0.935. The number of thiazole rings is 1. The van der Waals surface area contributed by atoms with Gasteiger partial charge in [-0.1, -0.05) is 23.5 Å². The fourth-order valence-corrected chi connectivity index (χ4v) is 5.30. The number of esters is 1. The standard InChI is InChI=1S/C17H21N3O5S2/c1-3-25-15(21)11-19-12-7-4-5-9-14(12)26-17(19)18-16(22)13-8-6-10-20(13)27(2,23)24/h4-5,7,9,13H,3,6,8,10-11H2,1-2H3. The van der Waals surface area contributed by atoms with E-state index in [9.17, 15) is 18.0 Å². The van der Waals surface area contributed by atoms with Crippen LogP contribution in [0.2, 0.25) is 0 Å². The zero-order valence-corrected chi connectivity index (χ0v) is 16.8. The Kier molecular flexibility index (Phi) is 5.78. The first-order chi connectivity index (χ1) is 12.8. The Morgan fingerprint density at radius 2 is 2.07 bits per heavy atom. The van der Waals surface area contributed by atoms with Crippen molar-refractivity contribution in [2.75, 3.05) is 19.4 Å². The highest BCUT2D eigenvalue weighted by molar-refractivity contribution is 7.88. The van der Waals surface area contributed by atoms with E-state index in [2.05, 4.69) is 4.99 Å². The minimum absolute atomic E-state index is 0.0651. The van der Waals surface area contributed by atoms with E-state index in [4.69, 9.17) is 4.74 Å². The van der Waals surface area contributed by atoms with Crippen LogP contribution in [-0.4, -0.2) is 54.6 Å². The number of carbonyl (C=O) groups excluding carboxylic acids is 2. The van der Waals surface area contributed by atoms with E-state index in [1.165, 1.54) is 15.6 Å². The molecule has 0 radical (unpaired) electrons. The van der Waals surface area contributed by atoms with Crippen molar-refractivity contribution in [3.63, 3.8) is 0 Å². The summed E-state index contributed by atoms with van der Waals surface area (Å²) in [4.78, 5) is 29.2. The number of para-hydroxylation sites is 1. The molecule has 8 nitrogen and oxygen atoms in total. The van der Waals surface area contributed by atoms with E-state index >= 15 is 0 Å². The lowest BCUT2D eigenvalue weighted by molar-refractivity contribution is -0.143. The normalized spacial score (nSPS) is 18.9. The van der Waals surface area contributed by atoms with Crippen LogP contribution in [0, 0.1) is 0 Å². The average Bonchev–Trinajstić information content (AvgIpc) is 3.21. The van der Waals surface area contributed by atoms with E-state index < -0.39 is 27.9 Å². The van der Waals surface area contributed by atoms with Gasteiger partial charge in [-0.2, -0.15) is 9.30 Å². The summed E-state index contributed by atoms with van der Waals surface area (Å²) < 4.78 is 32.5. The number of carbonyl (C=O) groups is 2. The van der Waals surface area contributed by atoms with Crippen molar-refractivity contribution in [2.24, 2.45) is 4.99 Å². The van der Waals surface area contributed by atoms with Crippen molar-refractivity contribution in [1.29, 1.82) is 0 Å². The van der Waals surface area contributed by atoms with Gasteiger partial charge in [0, 0.05) is 6.54 Å². The number of benzene rings is 1. The van der Waals surface area contributed by atoms with Gasteiger partial charge in [0.1, 0.15) is 12.6 Å². The molecule has 10 heteroatoms. The minimum atomic E-state index is -3.48. The summed E-state index contributed by atoms with van der Waals surface area (Å²) in [5.41, 5.74) is 0.772. The Morgan fingerprint density at radius 1 is 1.33 bits per heavy atom. The van der Waals surface area contributed by atoms with Crippen LogP contribution in [0.4, 0.5) is 0 Å². The predicted octanol–water partition coefficient (Wildman–Crippen LogP) is 1.12. The van der Waals surface area contributed by atoms with E-state index in [1.807, 2.05) is 24.3 Å². The molecule has 0 aliphatic carbocycles. The quantitative estimate of drug-likeness (QED) is 0.687. The lowest BCUT2D eigenvalue weighted by Gasteiger charge is -2.18. The summed E-state index contributed by atoms with van der Waals surface area (Å²) in [5, 5.41) is 0. The molecule has 0 N–H and O–H groups in total. The maximum Gasteiger partial charge on any atom is 0.326 e. The van der Waals surface area contributed by atoms with E-state index in [1.54, 1.807) is 11.5 Å². The zero-order chi connectivity index (χ0) is 19.6. The molecule has 1 aromatic heterocycles. The number of sulfonamides is 1. The maximum atomic E-state index is 12.7. The van der Waals surface area contributed by atoms with Gasteiger partial charge in [-0.05, 0) is 31.9 Å². The van der Waals surface area contributed by atoms with Gasteiger partial charge in [0.05, 0.1) is 23.1 Å². The second kappa shape index (κ2) is 7.91. The molecule has 27 heavy (non-hydrogen) atoms. The van der Waals surface area contributed by atoms with E-state index in [0.717, 1.165) is 16.5 Å². The topological polar surface area (TPSA) is 98.0 Å². The van der Waals surface area contributed by atoms with Crippen LogP contribution in [0.25, 0.3) is 10.2 Å². The molecule has 0 saturated carbocycles. The Labute approximate surface area is 161 Å². The van der Waals surface area contributed by atoms with Gasteiger partial charge < -0.3 is 9.30 Å². The molecule has 1 aliphatic heterocycles. The second-order valence-corrected chi connectivity index (χ2v) is 9.17. The number of amides is 1. The molecule has 0 bridgehead atoms. The van der Waals surface area contributed by atoms with Crippen molar-refractivity contribution in [2.45, 2.75) is 32.4 Å². The molecule has 1 aliphatic rings. The number of ether oxygens (including phenoxy) is 1. The van der Waals surface area contributed by atoms with Gasteiger partial charge in [-0.3, -0.25) is 9.59 Å². The summed E-state index contributed by atoms with van der Waals surface area (Å²) in [6.45, 7) is 2.24. The zero-order valence-electron chi connectivity index (χ0n) is 15.1. The van der Waals surface area contributed by atoms with Gasteiger partial charge in [-0.15, -0.1) is 0 Å². The third-order valence-corrected chi connectivity index (χ3v) is 6.65. The Balaban J connectivity index is 2.02. The van der Waals surface area contributed by atoms with Crippen LogP contribution >= 0.6 is 11.3 Å². The number of fused-ring (bicyclic) bond motifs is 1. The monoisotopic (exact) mass is 411 g/mol. The molecule has 1 amide bonds. The molecule has 1 unspecified atom stereocenters. The molecule has 1 atom stereocenters. The highest BCUT2D eigenvalue weighted by Crippen LogP contribution is 2.22. The van der Waals surface area contributed by atoms with E-state index in [0.29, 0.717) is 24.2 Å². The molecule has 2 aromatic rings. The van der Waals surface area contributed by atoms with Crippen molar-refractivity contribution in [3.05, 3.63) is 29.1 Å². The summed E-state index contributed by atoms with van der Waals surface area (Å²) >= 11 is 1.28. The maximum absolute atomic E-state index is 12.7. The van der Waals surface area contributed by atoms with E-state index in [-0.39, 0.29) is 13.2 Å². The highest BCUT2D eigenvalue weighted by atomic mass is 32.2. The number of hydrogen-bond acceptors (Lipinski definition) is 6. The van der Waals surface area contributed by atoms with Crippen LogP contribution < -0.4 is 4.80 Å². The largest absolute Gasteiger partial charge is 0.465 e. The molecule has 146 valence electrons. The fraction of sp³-hybridized carbons (Fsp3) is 0.471. The Morgan fingerprint density at radius 3 is 2.78 bits per heavy atom. The molecule has 1 fully saturated rings. The van der Waals surface area contributed by atoms with Gasteiger partial charge >= 0.3 is 5.97 Å². The lowest BCUT2D eigenvalue weighted by atomic mass is 10.2. The summed E-state index contributed by atoms with van der Waals surface area (Å²) in [6, 6.07) is 6.63. The Hall–Kier alpha value is -2.04. The van der Waals surface area contributed by atoms with Crippen molar-refractivity contribution < 1.29 is 22.7 Å². The van der Waals surface area contributed by atoms with Crippen LogP contribution in [0.1, 0.15) is 19.8 Å². The fourth-order valence-electron chi connectivity index (χ4n) is 3.15. The molecule has 3 rings (SSSR count). The average molecular weight is 412 g/mol. The van der Waals surface area contributed by atoms with Crippen molar-refractivity contribution in [3.8, 4) is 0 Å². The number of nitrogens with zero attached hydrogens (tertiary/aromatic N) is 3. The van der Waals surface area contributed by atoms with Gasteiger partial charge in [0.15, 0.2) is 4.80 Å². The first-order valence-corrected chi connectivity index (χ1v) is 11.3. The first-order valence-electron chi connectivity index (χ1n) is 8.60. The SMILES string of the molecule is CCOC(=O)Cn1c(=NC(=O)C2CCCN2S(C)(=O)=O)sc2ccccc21. The molecule has 1 saturated heterocycles. The molecule has 1 aromatic carbocycles. The van der Waals surface area contributed by atoms with Crippen molar-refractivity contribution in [1.82, 2.24) is 8.87 Å². The number of aromatic nitrogens is 1. The summed E-state index contributed by atoms with van der Waals surface area (Å²) in [6.07, 6.45) is 2.16. The third-order valence-electron chi connectivity index (χ3n) is 4.30.